The molecule has 0 spiro atoms. The second-order valence-electron chi connectivity index (χ2n) is 5.46. The predicted octanol–water partition coefficient (Wildman–Crippen LogP) is 4.47. The molecule has 25 heavy (non-hydrogen) atoms. The number of nitrogens with zero attached hydrogens (tertiary/aromatic N) is 3. The van der Waals surface area contributed by atoms with Gasteiger partial charge in [-0.2, -0.15) is 15.1 Å². The van der Waals surface area contributed by atoms with Gasteiger partial charge in [-0.15, -0.1) is 0 Å². The van der Waals surface area contributed by atoms with Crippen LogP contribution in [0.5, 0.6) is 11.8 Å². The van der Waals surface area contributed by atoms with E-state index in [-0.39, 0.29) is 5.25 Å². The molecule has 1 unspecified atom stereocenters. The van der Waals surface area contributed by atoms with Crippen LogP contribution in [0.3, 0.4) is 0 Å². The molecule has 1 N–H and O–H groups in total. The van der Waals surface area contributed by atoms with Gasteiger partial charge in [-0.1, -0.05) is 41.5 Å². The Balaban J connectivity index is 2.07. The molecule has 1 aromatic heterocycles. The summed E-state index contributed by atoms with van der Waals surface area (Å²) in [5, 5.41) is 5.03. The third-order valence-electron chi connectivity index (χ3n) is 3.23. The Labute approximate surface area is 160 Å². The third-order valence-corrected chi connectivity index (χ3v) is 5.10. The molecule has 0 saturated carbocycles. The Bertz CT molecular complexity index is 688. The summed E-state index contributed by atoms with van der Waals surface area (Å²) in [6.07, 6.45) is 1.87. The average Bonchev–Trinajstić information content (AvgIpc) is 2.62. The number of aromatic nitrogens is 2. The lowest BCUT2D eigenvalue weighted by atomic mass is 10.1. The van der Waals surface area contributed by atoms with Crippen LogP contribution >= 0.6 is 27.7 Å². The molecule has 1 heterocycles. The quantitative estimate of drug-likeness (QED) is 0.291. The first kappa shape index (κ1) is 19.5. The largest absolute Gasteiger partial charge is 0.481 e. The summed E-state index contributed by atoms with van der Waals surface area (Å²) in [7, 11) is 3.14. The highest BCUT2D eigenvalue weighted by Gasteiger charge is 2.16. The molecule has 8 heteroatoms. The molecule has 0 bridgehead atoms. The zero-order chi connectivity index (χ0) is 18.2. The first-order valence-electron chi connectivity index (χ1n) is 7.70. The van der Waals surface area contributed by atoms with Crippen LogP contribution in [-0.4, -0.2) is 35.7 Å². The number of methoxy groups -OCH3 is 2. The van der Waals surface area contributed by atoms with Gasteiger partial charge in [0.1, 0.15) is 0 Å². The molecule has 0 amide bonds. The molecule has 1 aromatic carbocycles. The van der Waals surface area contributed by atoms with Crippen LogP contribution in [0.2, 0.25) is 0 Å². The monoisotopic (exact) mass is 424 g/mol. The summed E-state index contributed by atoms with van der Waals surface area (Å²) in [5.74, 6) is 1.30. The molecule has 1 atom stereocenters. The lowest BCUT2D eigenvalue weighted by molar-refractivity contribution is 0.364. The standard InChI is InChI=1S/C17H21BrN4O2S/c1-11(2)14(10-19-22-13-7-5-12(18)6-8-13)25-17-20-15(23-3)9-16(21-17)24-4/h5-11,14,22H,1-4H3/b19-10+. The smallest absolute Gasteiger partial charge is 0.220 e. The SMILES string of the molecule is COc1cc(OC)nc(SC(/C=N/Nc2ccc(Br)cc2)C(C)C)n1. The number of thioether (sulfide) groups is 1. The van der Waals surface area contributed by atoms with E-state index in [2.05, 4.69) is 50.3 Å². The Morgan fingerprint density at radius 3 is 2.24 bits per heavy atom. The minimum atomic E-state index is 0.0970. The lowest BCUT2D eigenvalue weighted by Gasteiger charge is -2.15. The fourth-order valence-electron chi connectivity index (χ4n) is 1.82. The van der Waals surface area contributed by atoms with Gasteiger partial charge in [0.2, 0.25) is 11.8 Å². The number of hydrazone groups is 1. The van der Waals surface area contributed by atoms with Crippen molar-refractivity contribution in [3.63, 3.8) is 0 Å². The van der Waals surface area contributed by atoms with Gasteiger partial charge in [0, 0.05) is 10.7 Å². The van der Waals surface area contributed by atoms with Crippen molar-refractivity contribution in [2.75, 3.05) is 19.6 Å². The van der Waals surface area contributed by atoms with E-state index >= 15 is 0 Å². The number of ether oxygens (including phenoxy) is 2. The van der Waals surface area contributed by atoms with E-state index in [9.17, 15) is 0 Å². The van der Waals surface area contributed by atoms with Gasteiger partial charge in [-0.05, 0) is 30.2 Å². The molecule has 2 rings (SSSR count). The summed E-state index contributed by atoms with van der Waals surface area (Å²) < 4.78 is 11.4. The summed E-state index contributed by atoms with van der Waals surface area (Å²) in [5.41, 5.74) is 3.96. The molecule has 0 fully saturated rings. The summed E-state index contributed by atoms with van der Waals surface area (Å²) >= 11 is 4.93. The van der Waals surface area contributed by atoms with Gasteiger partial charge in [-0.25, -0.2) is 0 Å². The predicted molar refractivity (Wildman–Crippen MR) is 106 cm³/mol. The number of hydrogen-bond donors (Lipinski definition) is 1. The van der Waals surface area contributed by atoms with Crippen molar-refractivity contribution in [2.24, 2.45) is 11.0 Å². The molecule has 0 aliphatic carbocycles. The van der Waals surface area contributed by atoms with E-state index in [4.69, 9.17) is 9.47 Å². The van der Waals surface area contributed by atoms with Crippen LogP contribution in [0.4, 0.5) is 5.69 Å². The molecule has 0 aliphatic heterocycles. The Kier molecular flexibility index (Phi) is 7.52. The van der Waals surface area contributed by atoms with Crippen LogP contribution in [0.25, 0.3) is 0 Å². The van der Waals surface area contributed by atoms with Crippen molar-refractivity contribution >= 4 is 39.6 Å². The van der Waals surface area contributed by atoms with Crippen molar-refractivity contribution in [2.45, 2.75) is 24.3 Å². The van der Waals surface area contributed by atoms with Crippen molar-refractivity contribution in [1.29, 1.82) is 0 Å². The maximum atomic E-state index is 5.19. The van der Waals surface area contributed by atoms with Gasteiger partial charge >= 0.3 is 0 Å². The highest BCUT2D eigenvalue weighted by molar-refractivity contribution is 9.10. The van der Waals surface area contributed by atoms with E-state index in [1.807, 2.05) is 30.5 Å². The van der Waals surface area contributed by atoms with Crippen LogP contribution in [0.15, 0.2) is 45.1 Å². The van der Waals surface area contributed by atoms with Crippen molar-refractivity contribution < 1.29 is 9.47 Å². The fourth-order valence-corrected chi connectivity index (χ4v) is 3.00. The van der Waals surface area contributed by atoms with Gasteiger partial charge in [0.05, 0.1) is 31.2 Å². The highest BCUT2D eigenvalue weighted by Crippen LogP contribution is 2.28. The van der Waals surface area contributed by atoms with Crippen LogP contribution < -0.4 is 14.9 Å². The van der Waals surface area contributed by atoms with E-state index < -0.39 is 0 Å². The molecule has 6 nitrogen and oxygen atoms in total. The molecular weight excluding hydrogens is 404 g/mol. The van der Waals surface area contributed by atoms with Gasteiger partial charge in [0.25, 0.3) is 0 Å². The van der Waals surface area contributed by atoms with Crippen LogP contribution in [0.1, 0.15) is 13.8 Å². The number of anilines is 1. The summed E-state index contributed by atoms with van der Waals surface area (Å²) in [4.78, 5) is 8.72. The minimum absolute atomic E-state index is 0.0970. The Morgan fingerprint density at radius 2 is 1.72 bits per heavy atom. The number of rotatable bonds is 8. The maximum absolute atomic E-state index is 5.19. The normalized spacial score (nSPS) is 12.4. The zero-order valence-corrected chi connectivity index (χ0v) is 17.0. The van der Waals surface area contributed by atoms with E-state index in [1.165, 1.54) is 11.8 Å². The summed E-state index contributed by atoms with van der Waals surface area (Å²) in [6.45, 7) is 4.25. The molecule has 0 saturated heterocycles. The summed E-state index contributed by atoms with van der Waals surface area (Å²) in [6, 6.07) is 9.48. The molecule has 0 radical (unpaired) electrons. The number of benzene rings is 1. The van der Waals surface area contributed by atoms with Crippen LogP contribution in [-0.2, 0) is 0 Å². The van der Waals surface area contributed by atoms with Crippen molar-refractivity contribution in [1.82, 2.24) is 9.97 Å². The van der Waals surface area contributed by atoms with Crippen molar-refractivity contribution in [3.05, 3.63) is 34.8 Å². The van der Waals surface area contributed by atoms with Crippen LogP contribution in [0, 0.1) is 5.92 Å². The van der Waals surface area contributed by atoms with E-state index in [1.54, 1.807) is 20.3 Å². The Morgan fingerprint density at radius 1 is 1.12 bits per heavy atom. The Hall–Kier alpha value is -1.80. The number of halogens is 1. The first-order valence-corrected chi connectivity index (χ1v) is 9.37. The van der Waals surface area contributed by atoms with Gasteiger partial charge < -0.3 is 9.47 Å². The average molecular weight is 425 g/mol. The third kappa shape index (κ3) is 6.21. The number of hydrogen-bond acceptors (Lipinski definition) is 7. The molecular formula is C17H21BrN4O2S. The van der Waals surface area contributed by atoms with E-state index in [0.717, 1.165) is 10.2 Å². The van der Waals surface area contributed by atoms with E-state index in [0.29, 0.717) is 22.8 Å². The zero-order valence-electron chi connectivity index (χ0n) is 14.6. The van der Waals surface area contributed by atoms with Crippen molar-refractivity contribution in [3.8, 4) is 11.8 Å². The number of nitrogens with one attached hydrogen (secondary N) is 1. The van der Waals surface area contributed by atoms with Gasteiger partial charge in [-0.3, -0.25) is 5.43 Å². The molecule has 2 aromatic rings. The van der Waals surface area contributed by atoms with Gasteiger partial charge in [0.15, 0.2) is 5.16 Å². The highest BCUT2D eigenvalue weighted by atomic mass is 79.9. The topological polar surface area (TPSA) is 68.6 Å². The first-order chi connectivity index (χ1) is 12.0. The fraction of sp³-hybridized carbons (Fsp3) is 0.353. The second-order valence-corrected chi connectivity index (χ2v) is 7.52. The minimum Gasteiger partial charge on any atom is -0.481 e. The molecule has 134 valence electrons. The molecule has 0 aliphatic rings. The maximum Gasteiger partial charge on any atom is 0.220 e. The lowest BCUT2D eigenvalue weighted by Crippen LogP contribution is -2.14. The second kappa shape index (κ2) is 9.62.